The summed E-state index contributed by atoms with van der Waals surface area (Å²) in [6.45, 7) is 4.28. The molecule has 0 fully saturated rings. The lowest BCUT2D eigenvalue weighted by Crippen LogP contribution is -2.15. The third-order valence-corrected chi connectivity index (χ3v) is 4.01. The number of halogens is 1. The van der Waals surface area contributed by atoms with Gasteiger partial charge in [0.2, 0.25) is 10.0 Å². The lowest BCUT2D eigenvalue weighted by Gasteiger charge is -2.12. The summed E-state index contributed by atoms with van der Waals surface area (Å²) in [4.78, 5) is 11.7. The molecule has 1 aromatic carbocycles. The van der Waals surface area contributed by atoms with E-state index in [2.05, 4.69) is 0 Å². The largest absolute Gasteiger partial charge is 0.462 e. The van der Waals surface area contributed by atoms with Gasteiger partial charge in [-0.3, -0.25) is 0 Å². The van der Waals surface area contributed by atoms with E-state index < -0.39 is 16.0 Å². The van der Waals surface area contributed by atoms with E-state index >= 15 is 0 Å². The Morgan fingerprint density at radius 3 is 2.65 bits per heavy atom. The first-order chi connectivity index (χ1) is 9.25. The second-order valence-corrected chi connectivity index (χ2v) is 6.65. The third kappa shape index (κ3) is 4.77. The summed E-state index contributed by atoms with van der Waals surface area (Å²) in [5, 5.41) is 5.14. The van der Waals surface area contributed by atoms with Gasteiger partial charge >= 0.3 is 5.97 Å². The average Bonchev–Trinajstić information content (AvgIpc) is 2.35. The predicted molar refractivity (Wildman–Crippen MR) is 77.2 cm³/mol. The number of rotatable bonds is 6. The molecule has 0 saturated heterocycles. The summed E-state index contributed by atoms with van der Waals surface area (Å²) in [5.74, 6) is -0.410. The Morgan fingerprint density at radius 2 is 2.10 bits per heavy atom. The first-order valence-electron chi connectivity index (χ1n) is 6.25. The molecule has 0 spiro atoms. The van der Waals surface area contributed by atoms with Crippen molar-refractivity contribution in [2.24, 2.45) is 11.1 Å². The monoisotopic (exact) mass is 319 g/mol. The Bertz CT molecular complexity index is 586. The van der Waals surface area contributed by atoms with Crippen LogP contribution in [0.25, 0.3) is 0 Å². The van der Waals surface area contributed by atoms with Crippen LogP contribution in [0.15, 0.2) is 23.1 Å². The molecule has 0 aromatic heterocycles. The molecule has 0 aliphatic carbocycles. The highest BCUT2D eigenvalue weighted by Gasteiger charge is 2.17. The summed E-state index contributed by atoms with van der Waals surface area (Å²) < 4.78 is 27.6. The van der Waals surface area contributed by atoms with Crippen LogP contribution in [0, 0.1) is 5.92 Å². The number of esters is 1. The van der Waals surface area contributed by atoms with E-state index in [1.54, 1.807) is 0 Å². The molecule has 1 aromatic rings. The van der Waals surface area contributed by atoms with Gasteiger partial charge in [0.1, 0.15) is 0 Å². The van der Waals surface area contributed by atoms with Crippen molar-refractivity contribution in [2.45, 2.75) is 31.6 Å². The van der Waals surface area contributed by atoms with Crippen molar-refractivity contribution in [1.82, 2.24) is 0 Å². The van der Waals surface area contributed by atoms with Crippen LogP contribution in [0.3, 0.4) is 0 Å². The van der Waals surface area contributed by atoms with Crippen molar-refractivity contribution in [3.05, 3.63) is 28.8 Å². The van der Waals surface area contributed by atoms with Gasteiger partial charge in [0.05, 0.1) is 22.1 Å². The standard InChI is InChI=1S/C13H18ClNO4S/c1-3-4-9(2)8-19-13(16)11-7-10(20(15,17)18)5-6-12(11)14/h5-7,9H,3-4,8H2,1-2H3,(H2,15,17,18). The van der Waals surface area contributed by atoms with E-state index in [-0.39, 0.29) is 28.0 Å². The van der Waals surface area contributed by atoms with E-state index in [4.69, 9.17) is 21.5 Å². The van der Waals surface area contributed by atoms with Gasteiger partial charge in [0.15, 0.2) is 0 Å². The summed E-state index contributed by atoms with van der Waals surface area (Å²) in [5.41, 5.74) is 0.00175. The Hall–Kier alpha value is -1.11. The van der Waals surface area contributed by atoms with Crippen LogP contribution in [-0.4, -0.2) is 21.0 Å². The number of hydrogen-bond acceptors (Lipinski definition) is 4. The van der Waals surface area contributed by atoms with Gasteiger partial charge in [-0.15, -0.1) is 0 Å². The highest BCUT2D eigenvalue weighted by atomic mass is 35.5. The van der Waals surface area contributed by atoms with Gasteiger partial charge in [0.25, 0.3) is 0 Å². The van der Waals surface area contributed by atoms with Crippen molar-refractivity contribution in [2.75, 3.05) is 6.61 Å². The van der Waals surface area contributed by atoms with Gasteiger partial charge in [-0.25, -0.2) is 18.4 Å². The van der Waals surface area contributed by atoms with Crippen molar-refractivity contribution < 1.29 is 17.9 Å². The zero-order valence-corrected chi connectivity index (χ0v) is 13.0. The summed E-state index contributed by atoms with van der Waals surface area (Å²) >= 11 is 5.88. The highest BCUT2D eigenvalue weighted by molar-refractivity contribution is 7.89. The summed E-state index contributed by atoms with van der Waals surface area (Å²) in [7, 11) is -3.88. The first-order valence-corrected chi connectivity index (χ1v) is 8.17. The van der Waals surface area contributed by atoms with Crippen molar-refractivity contribution >= 4 is 27.6 Å². The highest BCUT2D eigenvalue weighted by Crippen LogP contribution is 2.21. The Balaban J connectivity index is 2.87. The molecule has 0 aliphatic rings. The molecule has 2 N–H and O–H groups in total. The zero-order valence-electron chi connectivity index (χ0n) is 11.4. The predicted octanol–water partition coefficient (Wildman–Crippen LogP) is 2.58. The molecule has 1 unspecified atom stereocenters. The van der Waals surface area contributed by atoms with Gasteiger partial charge < -0.3 is 4.74 Å². The number of primary sulfonamides is 1. The second-order valence-electron chi connectivity index (χ2n) is 4.68. The van der Waals surface area contributed by atoms with Gasteiger partial charge in [-0.1, -0.05) is 31.9 Å². The van der Waals surface area contributed by atoms with Crippen LogP contribution in [0.4, 0.5) is 0 Å². The maximum absolute atomic E-state index is 11.9. The summed E-state index contributed by atoms with van der Waals surface area (Å²) in [6, 6.07) is 3.69. The normalized spacial score (nSPS) is 13.0. The van der Waals surface area contributed by atoms with Crippen LogP contribution in [0.1, 0.15) is 37.0 Å². The van der Waals surface area contributed by atoms with Gasteiger partial charge in [-0.05, 0) is 30.5 Å². The Kier molecular flexibility index (Phi) is 5.98. The van der Waals surface area contributed by atoms with E-state index in [9.17, 15) is 13.2 Å². The maximum atomic E-state index is 11.9. The second kappa shape index (κ2) is 7.06. The molecule has 5 nitrogen and oxygen atoms in total. The van der Waals surface area contributed by atoms with Crippen molar-refractivity contribution in [3.8, 4) is 0 Å². The molecule has 20 heavy (non-hydrogen) atoms. The molecule has 0 radical (unpaired) electrons. The minimum absolute atomic E-state index is 0.00175. The molecule has 1 rings (SSSR count). The SMILES string of the molecule is CCCC(C)COC(=O)c1cc(S(N)(=O)=O)ccc1Cl. The van der Waals surface area contributed by atoms with E-state index in [0.29, 0.717) is 0 Å². The third-order valence-electron chi connectivity index (χ3n) is 2.77. The lowest BCUT2D eigenvalue weighted by atomic mass is 10.1. The zero-order chi connectivity index (χ0) is 15.3. The number of sulfonamides is 1. The van der Waals surface area contributed by atoms with Crippen LogP contribution >= 0.6 is 11.6 Å². The first kappa shape index (κ1) is 16.9. The molecule has 0 heterocycles. The molecule has 112 valence electrons. The van der Waals surface area contributed by atoms with Crippen LogP contribution in [0.2, 0.25) is 5.02 Å². The lowest BCUT2D eigenvalue weighted by molar-refractivity contribution is 0.0443. The van der Waals surface area contributed by atoms with Crippen molar-refractivity contribution in [1.29, 1.82) is 0 Å². The summed E-state index contributed by atoms with van der Waals surface area (Å²) in [6.07, 6.45) is 1.94. The van der Waals surface area contributed by atoms with E-state index in [0.717, 1.165) is 18.9 Å². The van der Waals surface area contributed by atoms with E-state index in [1.165, 1.54) is 12.1 Å². The number of carbonyl (C=O) groups is 1. The quantitative estimate of drug-likeness (QED) is 0.816. The topological polar surface area (TPSA) is 86.5 Å². The molecular formula is C13H18ClNO4S. The van der Waals surface area contributed by atoms with Crippen LogP contribution in [0.5, 0.6) is 0 Å². The molecule has 1 atom stereocenters. The number of nitrogens with two attached hydrogens (primary N) is 1. The fraction of sp³-hybridized carbons (Fsp3) is 0.462. The Morgan fingerprint density at radius 1 is 1.45 bits per heavy atom. The Labute approximate surface area is 124 Å². The molecule has 0 amide bonds. The number of benzene rings is 1. The molecule has 0 saturated carbocycles. The maximum Gasteiger partial charge on any atom is 0.339 e. The minimum Gasteiger partial charge on any atom is -0.462 e. The molecule has 0 bridgehead atoms. The fourth-order valence-electron chi connectivity index (χ4n) is 1.71. The van der Waals surface area contributed by atoms with Crippen molar-refractivity contribution in [3.63, 3.8) is 0 Å². The smallest absolute Gasteiger partial charge is 0.339 e. The van der Waals surface area contributed by atoms with Crippen LogP contribution < -0.4 is 5.14 Å². The minimum atomic E-state index is -3.88. The number of carbonyl (C=O) groups excluding carboxylic acids is 1. The molecule has 0 aliphatic heterocycles. The molecule has 7 heteroatoms. The number of hydrogen-bond donors (Lipinski definition) is 1. The van der Waals surface area contributed by atoms with Crippen LogP contribution in [-0.2, 0) is 14.8 Å². The van der Waals surface area contributed by atoms with Gasteiger partial charge in [-0.2, -0.15) is 0 Å². The average molecular weight is 320 g/mol. The van der Waals surface area contributed by atoms with Gasteiger partial charge in [0, 0.05) is 0 Å². The number of ether oxygens (including phenoxy) is 1. The van der Waals surface area contributed by atoms with E-state index in [1.807, 2.05) is 13.8 Å². The fourth-order valence-corrected chi connectivity index (χ4v) is 2.44. The molecular weight excluding hydrogens is 302 g/mol.